The van der Waals surface area contributed by atoms with E-state index in [-0.39, 0.29) is 12.0 Å². The van der Waals surface area contributed by atoms with Gasteiger partial charge in [0.05, 0.1) is 27.5 Å². The molecule has 0 aliphatic rings. The molecule has 2 atom stereocenters. The van der Waals surface area contributed by atoms with Crippen LogP contribution < -0.4 is 0 Å². The molecule has 0 bridgehead atoms. The van der Waals surface area contributed by atoms with Gasteiger partial charge in [0.25, 0.3) is 0 Å². The van der Waals surface area contributed by atoms with E-state index >= 15 is 0 Å². The molecule has 0 aliphatic heterocycles. The lowest BCUT2D eigenvalue weighted by atomic mass is 10.1. The zero-order valence-electron chi connectivity index (χ0n) is 10.3. The third-order valence-electron chi connectivity index (χ3n) is 3.26. The number of thiazole rings is 1. The number of rotatable bonds is 2. The van der Waals surface area contributed by atoms with E-state index < -0.39 is 0 Å². The number of fused-ring (bicyclic) bond motifs is 3. The molecule has 2 unspecified atom stereocenters. The Morgan fingerprint density at radius 2 is 1.94 bits per heavy atom. The van der Waals surface area contributed by atoms with Crippen molar-refractivity contribution in [1.29, 1.82) is 0 Å². The molecular weight excluding hydrogens is 244 g/mol. The number of pyridine rings is 1. The second kappa shape index (κ2) is 4.30. The van der Waals surface area contributed by atoms with Crippen LogP contribution in [-0.2, 0) is 0 Å². The van der Waals surface area contributed by atoms with E-state index in [0.29, 0.717) is 0 Å². The number of hydrogen-bond donors (Lipinski definition) is 1. The van der Waals surface area contributed by atoms with Crippen LogP contribution in [0.4, 0.5) is 0 Å². The maximum atomic E-state index is 9.66. The molecule has 0 saturated carbocycles. The lowest BCUT2D eigenvalue weighted by Gasteiger charge is -2.10. The molecule has 1 aromatic carbocycles. The molecule has 3 nitrogen and oxygen atoms in total. The van der Waals surface area contributed by atoms with Gasteiger partial charge in [-0.05, 0) is 13.0 Å². The highest BCUT2D eigenvalue weighted by atomic mass is 32.1. The summed E-state index contributed by atoms with van der Waals surface area (Å²) in [5.41, 5.74) is 1.91. The summed E-state index contributed by atoms with van der Waals surface area (Å²) in [4.78, 5) is 8.99. The van der Waals surface area contributed by atoms with E-state index in [1.165, 1.54) is 0 Å². The smallest absolute Gasteiger partial charge is 0.100 e. The first kappa shape index (κ1) is 11.6. The van der Waals surface area contributed by atoms with Gasteiger partial charge in [-0.3, -0.25) is 4.98 Å². The Morgan fingerprint density at radius 1 is 1.17 bits per heavy atom. The first-order valence-electron chi connectivity index (χ1n) is 5.99. The maximum absolute atomic E-state index is 9.66. The Labute approximate surface area is 109 Å². The molecule has 4 heteroatoms. The van der Waals surface area contributed by atoms with E-state index in [2.05, 4.69) is 16.0 Å². The summed E-state index contributed by atoms with van der Waals surface area (Å²) in [5, 5.41) is 11.8. The molecule has 0 radical (unpaired) electrons. The van der Waals surface area contributed by atoms with Crippen LogP contribution in [-0.4, -0.2) is 21.2 Å². The van der Waals surface area contributed by atoms with Crippen molar-refractivity contribution in [3.63, 3.8) is 0 Å². The molecule has 1 N–H and O–H groups in total. The van der Waals surface area contributed by atoms with E-state index in [4.69, 9.17) is 0 Å². The number of para-hydroxylation sites is 1. The summed E-state index contributed by atoms with van der Waals surface area (Å²) in [6, 6.07) is 8.08. The quantitative estimate of drug-likeness (QED) is 0.767. The lowest BCUT2D eigenvalue weighted by molar-refractivity contribution is 0.169. The zero-order valence-corrected chi connectivity index (χ0v) is 11.1. The molecular formula is C14H14N2OS. The summed E-state index contributed by atoms with van der Waals surface area (Å²) in [6.07, 6.45) is 1.43. The van der Waals surface area contributed by atoms with Crippen LogP contribution in [0.5, 0.6) is 0 Å². The van der Waals surface area contributed by atoms with E-state index in [1.807, 2.05) is 31.3 Å². The number of hydrogen-bond acceptors (Lipinski definition) is 4. The van der Waals surface area contributed by atoms with Crippen molar-refractivity contribution in [3.8, 4) is 0 Å². The summed E-state index contributed by atoms with van der Waals surface area (Å²) < 4.78 is 1.16. The highest BCUT2D eigenvalue weighted by molar-refractivity contribution is 7.19. The monoisotopic (exact) mass is 258 g/mol. The number of aliphatic hydroxyl groups is 1. The highest BCUT2D eigenvalue weighted by Crippen LogP contribution is 2.33. The molecule has 2 heterocycles. The van der Waals surface area contributed by atoms with Crippen molar-refractivity contribution < 1.29 is 5.11 Å². The van der Waals surface area contributed by atoms with Crippen molar-refractivity contribution in [2.75, 3.05) is 0 Å². The van der Waals surface area contributed by atoms with Crippen LogP contribution in [0.1, 0.15) is 24.8 Å². The number of aliphatic hydroxyl groups excluding tert-OH is 1. The van der Waals surface area contributed by atoms with E-state index in [9.17, 15) is 5.11 Å². The predicted octanol–water partition coefficient (Wildman–Crippen LogP) is 3.33. The Hall–Kier alpha value is -1.52. The lowest BCUT2D eigenvalue weighted by Crippen LogP contribution is -2.10. The van der Waals surface area contributed by atoms with Crippen molar-refractivity contribution in [2.45, 2.75) is 25.9 Å². The molecule has 0 amide bonds. The zero-order chi connectivity index (χ0) is 12.7. The average molecular weight is 258 g/mol. The van der Waals surface area contributed by atoms with Gasteiger partial charge >= 0.3 is 0 Å². The summed E-state index contributed by atoms with van der Waals surface area (Å²) in [7, 11) is 0. The molecule has 92 valence electrons. The second-order valence-corrected chi connectivity index (χ2v) is 5.60. The fourth-order valence-electron chi connectivity index (χ4n) is 1.94. The van der Waals surface area contributed by atoms with Crippen LogP contribution in [0.3, 0.4) is 0 Å². The molecule has 3 aromatic rings. The third-order valence-corrected chi connectivity index (χ3v) is 4.56. The summed E-state index contributed by atoms with van der Waals surface area (Å²) in [6.45, 7) is 3.80. The standard InChI is InChI=1S/C14H14N2OS/c1-8(9(2)17)14-16-12-7-15-11-6-4-3-5-10(11)13(12)18-14/h3-9,17H,1-2H3. The van der Waals surface area contributed by atoms with E-state index in [1.54, 1.807) is 18.3 Å². The molecule has 0 aliphatic carbocycles. The average Bonchev–Trinajstić information content (AvgIpc) is 2.81. The fourth-order valence-corrected chi connectivity index (χ4v) is 3.16. The van der Waals surface area contributed by atoms with E-state index in [0.717, 1.165) is 26.1 Å². The second-order valence-electron chi connectivity index (χ2n) is 4.57. The summed E-state index contributed by atoms with van der Waals surface area (Å²) >= 11 is 1.65. The van der Waals surface area contributed by atoms with Gasteiger partial charge in [0.2, 0.25) is 0 Å². The Bertz CT molecular complexity index is 705. The first-order chi connectivity index (χ1) is 8.66. The highest BCUT2D eigenvalue weighted by Gasteiger charge is 2.17. The molecule has 0 saturated heterocycles. The van der Waals surface area contributed by atoms with Crippen LogP contribution in [0, 0.1) is 0 Å². The number of nitrogens with zero attached hydrogens (tertiary/aromatic N) is 2. The Balaban J connectivity index is 2.26. The minimum Gasteiger partial charge on any atom is -0.393 e. The van der Waals surface area contributed by atoms with Gasteiger partial charge in [-0.15, -0.1) is 11.3 Å². The van der Waals surface area contributed by atoms with Gasteiger partial charge in [0.1, 0.15) is 5.52 Å². The topological polar surface area (TPSA) is 46.0 Å². The van der Waals surface area contributed by atoms with Crippen molar-refractivity contribution in [3.05, 3.63) is 35.5 Å². The minimum atomic E-state index is -0.384. The Morgan fingerprint density at radius 3 is 2.72 bits per heavy atom. The van der Waals surface area contributed by atoms with Gasteiger partial charge in [0.15, 0.2) is 0 Å². The van der Waals surface area contributed by atoms with Crippen LogP contribution in [0.15, 0.2) is 30.5 Å². The number of benzene rings is 1. The number of aromatic nitrogens is 2. The fraction of sp³-hybridized carbons (Fsp3) is 0.286. The Kier molecular flexibility index (Phi) is 2.76. The van der Waals surface area contributed by atoms with Gasteiger partial charge < -0.3 is 5.11 Å². The van der Waals surface area contributed by atoms with Crippen LogP contribution in [0.25, 0.3) is 21.1 Å². The molecule has 0 fully saturated rings. The largest absolute Gasteiger partial charge is 0.393 e. The van der Waals surface area contributed by atoms with Gasteiger partial charge in [-0.25, -0.2) is 4.98 Å². The van der Waals surface area contributed by atoms with Gasteiger partial charge in [-0.2, -0.15) is 0 Å². The van der Waals surface area contributed by atoms with Crippen molar-refractivity contribution in [2.24, 2.45) is 0 Å². The van der Waals surface area contributed by atoms with Crippen molar-refractivity contribution >= 4 is 32.5 Å². The maximum Gasteiger partial charge on any atom is 0.100 e. The van der Waals surface area contributed by atoms with Crippen LogP contribution >= 0.6 is 11.3 Å². The van der Waals surface area contributed by atoms with Crippen molar-refractivity contribution in [1.82, 2.24) is 9.97 Å². The molecule has 0 spiro atoms. The normalized spacial score (nSPS) is 15.1. The molecule has 18 heavy (non-hydrogen) atoms. The molecule has 2 aromatic heterocycles. The SMILES string of the molecule is CC(O)C(C)c1nc2cnc3ccccc3c2s1. The van der Waals surface area contributed by atoms with Gasteiger partial charge in [-0.1, -0.05) is 25.1 Å². The summed E-state index contributed by atoms with van der Waals surface area (Å²) in [5.74, 6) is 0.0566. The van der Waals surface area contributed by atoms with Crippen LogP contribution in [0.2, 0.25) is 0 Å². The van der Waals surface area contributed by atoms with Gasteiger partial charge in [0, 0.05) is 11.3 Å². The first-order valence-corrected chi connectivity index (χ1v) is 6.80. The third kappa shape index (κ3) is 1.78. The molecule has 3 rings (SSSR count). The predicted molar refractivity (Wildman–Crippen MR) is 75.0 cm³/mol. The minimum absolute atomic E-state index is 0.0566.